The van der Waals surface area contributed by atoms with Crippen molar-refractivity contribution in [3.63, 3.8) is 0 Å². The number of rotatable bonds is 3. The van der Waals surface area contributed by atoms with Crippen LogP contribution in [0.3, 0.4) is 0 Å². The quantitative estimate of drug-likeness (QED) is 0.179. The van der Waals surface area contributed by atoms with Crippen LogP contribution in [-0.2, 0) is 21.7 Å². The summed E-state index contributed by atoms with van der Waals surface area (Å²) in [6.07, 6.45) is 4.74. The van der Waals surface area contributed by atoms with Crippen molar-refractivity contribution in [1.82, 2.24) is 4.57 Å². The van der Waals surface area contributed by atoms with E-state index in [9.17, 15) is 0 Å². The van der Waals surface area contributed by atoms with E-state index in [1.165, 1.54) is 145 Å². The Morgan fingerprint density at radius 1 is 0.544 bits per heavy atom. The van der Waals surface area contributed by atoms with Crippen LogP contribution < -0.4 is 16.2 Å². The fourth-order valence-electron chi connectivity index (χ4n) is 13.3. The molecule has 0 radical (unpaired) electrons. The van der Waals surface area contributed by atoms with Gasteiger partial charge in [0.05, 0.1) is 16.6 Å². The molecule has 4 heterocycles. The Kier molecular flexibility index (Phi) is 8.08. The van der Waals surface area contributed by atoms with E-state index < -0.39 is 0 Å². The van der Waals surface area contributed by atoms with Crippen LogP contribution in [0.25, 0.3) is 91.5 Å². The standard InChI is InChI=1S/C63H57BN2OS/c1-34-29-41-43(62(6,7)27-25-60(41,2)3)32-47(34)65-46-22-24-51-56(39-30-42-44(33-52(39)68-51)63(8,9)28-26-61(42,4)5)54(46)40-31-50-55(37-17-12-13-20-49(37)67-50)59-57(40)64-45-19-14-18-38-53-36-16-11-10-15-35(36)21-23-48(53)66(59)58(38)45/h10-24,29-33,64-65H,25-28H2,1-9H3. The molecule has 5 heteroatoms. The van der Waals surface area contributed by atoms with Gasteiger partial charge >= 0.3 is 0 Å². The third kappa shape index (κ3) is 5.48. The first kappa shape index (κ1) is 40.7. The zero-order chi connectivity index (χ0) is 46.4. The van der Waals surface area contributed by atoms with Gasteiger partial charge in [-0.15, -0.1) is 11.3 Å². The van der Waals surface area contributed by atoms with Crippen LogP contribution >= 0.6 is 11.3 Å². The number of anilines is 2. The minimum absolute atomic E-state index is 0.0746. The summed E-state index contributed by atoms with van der Waals surface area (Å²) in [5, 5.41) is 14.4. The lowest BCUT2D eigenvalue weighted by Gasteiger charge is -2.42. The molecule has 0 fully saturated rings. The fraction of sp³-hybridized carbons (Fsp3) is 0.270. The predicted octanol–water partition coefficient (Wildman–Crippen LogP) is 16.3. The van der Waals surface area contributed by atoms with Crippen LogP contribution in [0.15, 0.2) is 126 Å². The van der Waals surface area contributed by atoms with Gasteiger partial charge in [0.15, 0.2) is 7.28 Å². The van der Waals surface area contributed by atoms with Gasteiger partial charge in [0, 0.05) is 58.8 Å². The van der Waals surface area contributed by atoms with Crippen LogP contribution in [0, 0.1) is 6.92 Å². The van der Waals surface area contributed by atoms with Crippen molar-refractivity contribution in [2.24, 2.45) is 0 Å². The molecule has 2 aliphatic carbocycles. The van der Waals surface area contributed by atoms with Crippen LogP contribution in [0.2, 0.25) is 0 Å². The molecule has 3 nitrogen and oxygen atoms in total. The number of nitrogens with one attached hydrogen (secondary N) is 1. The lowest BCUT2D eigenvalue weighted by molar-refractivity contribution is 0.332. The SMILES string of the molecule is Cc1cc2c(cc1Nc1ccc3sc4cc5c(cc4c3c1-c1cc3oc4ccccc4c3c3c1Bc1cccc4c6c7ccccc7ccc6n-3c14)C(C)(C)CCC5(C)C)C(C)(C)CCC2(C)C. The molecular weight excluding hydrogens is 844 g/mol. The van der Waals surface area contributed by atoms with E-state index in [1.807, 2.05) is 11.3 Å². The highest BCUT2D eigenvalue weighted by Gasteiger charge is 2.40. The summed E-state index contributed by atoms with van der Waals surface area (Å²) < 4.78 is 12.4. The van der Waals surface area contributed by atoms with E-state index in [0.29, 0.717) is 0 Å². The summed E-state index contributed by atoms with van der Waals surface area (Å²) in [4.78, 5) is 0. The van der Waals surface area contributed by atoms with Crippen LogP contribution in [0.5, 0.6) is 0 Å². The smallest absolute Gasteiger partial charge is 0.198 e. The molecule has 1 N–H and O–H groups in total. The first-order valence-electron chi connectivity index (χ1n) is 25.0. The fourth-order valence-corrected chi connectivity index (χ4v) is 14.5. The maximum atomic E-state index is 7.08. The largest absolute Gasteiger partial charge is 0.456 e. The molecule has 0 amide bonds. The minimum atomic E-state index is 0.0746. The Bertz CT molecular complexity index is 4060. The van der Waals surface area contributed by atoms with Gasteiger partial charge < -0.3 is 14.3 Å². The van der Waals surface area contributed by atoms with Crippen molar-refractivity contribution in [2.75, 3.05) is 5.32 Å². The number of aryl methyl sites for hydroxylation is 1. The molecule has 0 atom stereocenters. The normalized spacial score (nSPS) is 17.5. The second kappa shape index (κ2) is 13.5. The molecule has 8 aromatic carbocycles. The minimum Gasteiger partial charge on any atom is -0.456 e. The molecule has 1 aliphatic heterocycles. The Hall–Kier alpha value is -6.30. The molecule has 3 aliphatic rings. The highest BCUT2D eigenvalue weighted by Crippen LogP contribution is 2.53. The number of fused-ring (bicyclic) bond motifs is 16. The summed E-state index contributed by atoms with van der Waals surface area (Å²) in [5.41, 5.74) is 20.8. The number of benzene rings is 8. The summed E-state index contributed by atoms with van der Waals surface area (Å²) in [6, 6.07) is 46.7. The predicted molar refractivity (Wildman–Crippen MR) is 295 cm³/mol. The third-order valence-corrected chi connectivity index (χ3v) is 18.6. The summed E-state index contributed by atoms with van der Waals surface area (Å²) in [6.45, 7) is 21.9. The lowest BCUT2D eigenvalue weighted by Crippen LogP contribution is -2.37. The second-order valence-corrected chi connectivity index (χ2v) is 24.5. The Balaban J connectivity index is 1.13. The van der Waals surface area contributed by atoms with E-state index in [1.54, 1.807) is 0 Å². The second-order valence-electron chi connectivity index (χ2n) is 23.5. The molecular formula is C63H57BN2OS. The summed E-state index contributed by atoms with van der Waals surface area (Å²) in [5.74, 6) is 0. The first-order chi connectivity index (χ1) is 32.6. The van der Waals surface area contributed by atoms with Gasteiger partial charge in [-0.2, -0.15) is 0 Å². The number of hydrogen-bond acceptors (Lipinski definition) is 3. The average Bonchev–Trinajstić information content (AvgIpc) is 4.00. The molecule has 0 saturated carbocycles. The van der Waals surface area contributed by atoms with Gasteiger partial charge in [-0.05, 0) is 152 Å². The van der Waals surface area contributed by atoms with E-state index in [0.717, 1.165) is 29.5 Å². The van der Waals surface area contributed by atoms with Gasteiger partial charge in [0.2, 0.25) is 0 Å². The highest BCUT2D eigenvalue weighted by molar-refractivity contribution is 7.26. The maximum Gasteiger partial charge on any atom is 0.198 e. The van der Waals surface area contributed by atoms with Crippen LogP contribution in [0.4, 0.5) is 11.4 Å². The third-order valence-electron chi connectivity index (χ3n) is 17.4. The molecule has 68 heavy (non-hydrogen) atoms. The lowest BCUT2D eigenvalue weighted by atomic mass is 9.58. The van der Waals surface area contributed by atoms with Crippen LogP contribution in [0.1, 0.15) is 109 Å². The molecule has 0 unspecified atom stereocenters. The van der Waals surface area contributed by atoms with Gasteiger partial charge in [-0.1, -0.05) is 134 Å². The molecule has 14 rings (SSSR count). The number of hydrogen-bond donors (Lipinski definition) is 1. The maximum absolute atomic E-state index is 7.08. The zero-order valence-electron chi connectivity index (χ0n) is 40.8. The monoisotopic (exact) mass is 900 g/mol. The van der Waals surface area contributed by atoms with Crippen molar-refractivity contribution < 1.29 is 4.42 Å². The number of furan rings is 1. The van der Waals surface area contributed by atoms with Gasteiger partial charge in [-0.25, -0.2) is 0 Å². The van der Waals surface area contributed by atoms with Crippen molar-refractivity contribution in [3.8, 4) is 16.8 Å². The van der Waals surface area contributed by atoms with Crippen molar-refractivity contribution in [2.45, 2.75) is 110 Å². The van der Waals surface area contributed by atoms with Gasteiger partial charge in [-0.3, -0.25) is 0 Å². The van der Waals surface area contributed by atoms with Gasteiger partial charge in [0.25, 0.3) is 0 Å². The van der Waals surface area contributed by atoms with Crippen molar-refractivity contribution >= 4 is 116 Å². The highest BCUT2D eigenvalue weighted by atomic mass is 32.1. The topological polar surface area (TPSA) is 30.1 Å². The summed E-state index contributed by atoms with van der Waals surface area (Å²) >= 11 is 1.96. The zero-order valence-corrected chi connectivity index (χ0v) is 41.7. The molecule has 334 valence electrons. The number of thiophene rings is 1. The van der Waals surface area contributed by atoms with Crippen LogP contribution in [-0.4, -0.2) is 11.8 Å². The van der Waals surface area contributed by atoms with E-state index in [2.05, 4.69) is 194 Å². The number of aromatic nitrogens is 1. The first-order valence-corrected chi connectivity index (χ1v) is 25.8. The van der Waals surface area contributed by atoms with Crippen molar-refractivity contribution in [1.29, 1.82) is 0 Å². The molecule has 0 spiro atoms. The molecule has 3 aromatic heterocycles. The van der Waals surface area contributed by atoms with E-state index in [-0.39, 0.29) is 21.7 Å². The van der Waals surface area contributed by atoms with Gasteiger partial charge in [0.1, 0.15) is 11.2 Å². The Labute approximate surface area is 403 Å². The van der Waals surface area contributed by atoms with E-state index in [4.69, 9.17) is 4.42 Å². The number of para-hydroxylation sites is 2. The van der Waals surface area contributed by atoms with E-state index >= 15 is 0 Å². The molecule has 11 aromatic rings. The Morgan fingerprint density at radius 3 is 1.97 bits per heavy atom. The molecule has 0 bridgehead atoms. The van der Waals surface area contributed by atoms with Crippen molar-refractivity contribution in [3.05, 3.63) is 149 Å². The summed E-state index contributed by atoms with van der Waals surface area (Å²) in [7, 11) is 0.807. The average molecular weight is 901 g/mol. The number of nitrogens with zero attached hydrogens (tertiary/aromatic N) is 1. The molecule has 0 saturated heterocycles. The Morgan fingerprint density at radius 2 is 1.21 bits per heavy atom.